The number of carbonyl (C=O) groups excluding carboxylic acids is 2. The van der Waals surface area contributed by atoms with Gasteiger partial charge in [0.1, 0.15) is 0 Å². The van der Waals surface area contributed by atoms with Crippen molar-refractivity contribution in [1.29, 1.82) is 0 Å². The minimum atomic E-state index is -0.839. The lowest BCUT2D eigenvalue weighted by atomic mass is 10.1. The van der Waals surface area contributed by atoms with Crippen LogP contribution in [0.5, 0.6) is 0 Å². The summed E-state index contributed by atoms with van der Waals surface area (Å²) in [5, 5.41) is 13.4. The van der Waals surface area contributed by atoms with Gasteiger partial charge in [-0.25, -0.2) is 9.78 Å². The van der Waals surface area contributed by atoms with Gasteiger partial charge in [-0.3, -0.25) is 19.4 Å². The van der Waals surface area contributed by atoms with E-state index in [1.165, 1.54) is 36.0 Å². The van der Waals surface area contributed by atoms with E-state index in [9.17, 15) is 19.6 Å². The molecular formula is C20H20N4O5. The zero-order valence-electron chi connectivity index (χ0n) is 16.0. The van der Waals surface area contributed by atoms with Gasteiger partial charge in [0.15, 0.2) is 5.78 Å². The summed E-state index contributed by atoms with van der Waals surface area (Å²) in [6, 6.07) is 9.87. The second-order valence-corrected chi connectivity index (χ2v) is 6.32. The standard InChI is InChI=1S/C20H20N4O5/c1-13(25)14-4-3-5-16(10-14)24(28)20(27)22-15-6-7-18-17(11-15)19(26)23(12-21-18)8-9-29-2/h3-7,10-12,28H,8-9H2,1-2H3,(H,22,27). The number of carbonyl (C=O) groups is 2. The van der Waals surface area contributed by atoms with Crippen LogP contribution in [0.15, 0.2) is 53.6 Å². The van der Waals surface area contributed by atoms with E-state index in [0.29, 0.717) is 40.4 Å². The number of hydrogen-bond acceptors (Lipinski definition) is 6. The lowest BCUT2D eigenvalue weighted by Gasteiger charge is -2.16. The number of Topliss-reactive ketones (excluding diaryl/α,β-unsaturated/α-hetero) is 1. The van der Waals surface area contributed by atoms with Crippen LogP contribution in [0.3, 0.4) is 0 Å². The Hall–Kier alpha value is -3.56. The smallest absolute Gasteiger partial charge is 0.350 e. The highest BCUT2D eigenvalue weighted by molar-refractivity contribution is 6.02. The molecule has 9 heteroatoms. The van der Waals surface area contributed by atoms with Gasteiger partial charge in [0.25, 0.3) is 5.56 Å². The first kappa shape index (κ1) is 20.2. The van der Waals surface area contributed by atoms with Crippen molar-refractivity contribution in [2.45, 2.75) is 13.5 Å². The average Bonchev–Trinajstić information content (AvgIpc) is 2.73. The van der Waals surface area contributed by atoms with Crippen LogP contribution in [0.2, 0.25) is 0 Å². The molecule has 29 heavy (non-hydrogen) atoms. The van der Waals surface area contributed by atoms with Crippen LogP contribution in [0.4, 0.5) is 16.2 Å². The van der Waals surface area contributed by atoms with Gasteiger partial charge in [0.2, 0.25) is 0 Å². The van der Waals surface area contributed by atoms with Crippen LogP contribution >= 0.6 is 0 Å². The van der Waals surface area contributed by atoms with Gasteiger partial charge in [0, 0.05) is 18.4 Å². The van der Waals surface area contributed by atoms with Crippen molar-refractivity contribution >= 4 is 34.1 Å². The van der Waals surface area contributed by atoms with E-state index < -0.39 is 6.03 Å². The van der Waals surface area contributed by atoms with Crippen molar-refractivity contribution in [3.8, 4) is 0 Å². The molecule has 9 nitrogen and oxygen atoms in total. The normalized spacial score (nSPS) is 10.7. The fraction of sp³-hybridized carbons (Fsp3) is 0.200. The molecule has 0 radical (unpaired) electrons. The van der Waals surface area contributed by atoms with Crippen molar-refractivity contribution in [3.05, 3.63) is 64.7 Å². The molecule has 0 fully saturated rings. The highest BCUT2D eigenvalue weighted by Crippen LogP contribution is 2.18. The van der Waals surface area contributed by atoms with Crippen molar-refractivity contribution in [2.75, 3.05) is 24.1 Å². The molecule has 2 aromatic carbocycles. The maximum Gasteiger partial charge on any atom is 0.350 e. The summed E-state index contributed by atoms with van der Waals surface area (Å²) in [5.74, 6) is -0.188. The van der Waals surface area contributed by atoms with Crippen molar-refractivity contribution < 1.29 is 19.5 Å². The molecule has 0 unspecified atom stereocenters. The SMILES string of the molecule is COCCn1cnc2ccc(NC(=O)N(O)c3cccc(C(C)=O)c3)cc2c1=O. The fourth-order valence-corrected chi connectivity index (χ4v) is 2.74. The summed E-state index contributed by atoms with van der Waals surface area (Å²) in [4.78, 5) is 40.7. The molecule has 1 aromatic heterocycles. The van der Waals surface area contributed by atoms with E-state index in [1.807, 2.05) is 0 Å². The molecule has 0 saturated heterocycles. The van der Waals surface area contributed by atoms with Gasteiger partial charge < -0.3 is 10.1 Å². The number of nitrogens with zero attached hydrogens (tertiary/aromatic N) is 3. The Morgan fingerprint density at radius 1 is 1.24 bits per heavy atom. The predicted octanol–water partition coefficient (Wildman–Crippen LogP) is 2.67. The summed E-state index contributed by atoms with van der Waals surface area (Å²) < 4.78 is 6.40. The lowest BCUT2D eigenvalue weighted by Crippen LogP contribution is -2.32. The number of nitrogens with one attached hydrogen (secondary N) is 1. The molecule has 0 saturated carbocycles. The number of ether oxygens (including phenoxy) is 1. The number of hydroxylamine groups is 1. The Labute approximate surface area is 166 Å². The second kappa shape index (κ2) is 8.63. The molecule has 2 N–H and O–H groups in total. The minimum Gasteiger partial charge on any atom is -0.383 e. The monoisotopic (exact) mass is 396 g/mol. The summed E-state index contributed by atoms with van der Waals surface area (Å²) in [5.41, 5.74) is 1.03. The highest BCUT2D eigenvalue weighted by Gasteiger charge is 2.15. The third kappa shape index (κ3) is 4.48. The Balaban J connectivity index is 1.84. The number of rotatable bonds is 6. The van der Waals surface area contributed by atoms with Gasteiger partial charge in [-0.15, -0.1) is 0 Å². The molecule has 0 aliphatic carbocycles. The Morgan fingerprint density at radius 2 is 2.03 bits per heavy atom. The number of methoxy groups -OCH3 is 1. The Bertz CT molecular complexity index is 1130. The van der Waals surface area contributed by atoms with Crippen LogP contribution < -0.4 is 15.9 Å². The topological polar surface area (TPSA) is 114 Å². The molecule has 150 valence electrons. The van der Waals surface area contributed by atoms with Gasteiger partial charge in [-0.1, -0.05) is 12.1 Å². The Kier molecular flexibility index (Phi) is 6.01. The summed E-state index contributed by atoms with van der Waals surface area (Å²) in [6.45, 7) is 2.11. The number of benzene rings is 2. The quantitative estimate of drug-likeness (QED) is 0.376. The average molecular weight is 396 g/mol. The summed E-state index contributed by atoms with van der Waals surface area (Å²) in [7, 11) is 1.54. The maximum absolute atomic E-state index is 12.6. The number of aromatic nitrogens is 2. The van der Waals surface area contributed by atoms with Crippen LogP contribution in [-0.4, -0.2) is 40.3 Å². The molecule has 3 aromatic rings. The summed E-state index contributed by atoms with van der Waals surface area (Å²) >= 11 is 0. The van der Waals surface area contributed by atoms with Crippen LogP contribution in [0.1, 0.15) is 17.3 Å². The molecular weight excluding hydrogens is 376 g/mol. The van der Waals surface area contributed by atoms with E-state index in [4.69, 9.17) is 4.74 Å². The van der Waals surface area contributed by atoms with E-state index in [0.717, 1.165) is 0 Å². The molecule has 2 amide bonds. The second-order valence-electron chi connectivity index (χ2n) is 6.32. The largest absolute Gasteiger partial charge is 0.383 e. The van der Waals surface area contributed by atoms with E-state index in [-0.39, 0.29) is 17.0 Å². The number of ketones is 1. The van der Waals surface area contributed by atoms with E-state index in [1.54, 1.807) is 31.4 Å². The van der Waals surface area contributed by atoms with Crippen LogP contribution in [0, 0.1) is 0 Å². The maximum atomic E-state index is 12.6. The number of fused-ring (bicyclic) bond motifs is 1. The number of urea groups is 1. The summed E-state index contributed by atoms with van der Waals surface area (Å²) in [6.07, 6.45) is 1.44. The van der Waals surface area contributed by atoms with Crippen molar-refractivity contribution in [2.24, 2.45) is 0 Å². The third-order valence-electron chi connectivity index (χ3n) is 4.30. The van der Waals surface area contributed by atoms with E-state index in [2.05, 4.69) is 10.3 Å². The molecule has 3 rings (SSSR count). The number of anilines is 2. The minimum absolute atomic E-state index is 0.138. The van der Waals surface area contributed by atoms with Gasteiger partial charge in [-0.2, -0.15) is 5.06 Å². The zero-order valence-corrected chi connectivity index (χ0v) is 16.0. The molecule has 1 heterocycles. The first-order valence-corrected chi connectivity index (χ1v) is 8.80. The predicted molar refractivity (Wildman–Crippen MR) is 108 cm³/mol. The third-order valence-corrected chi connectivity index (χ3v) is 4.30. The molecule has 0 spiro atoms. The van der Waals surface area contributed by atoms with Crippen molar-refractivity contribution in [1.82, 2.24) is 9.55 Å². The Morgan fingerprint density at radius 3 is 2.76 bits per heavy atom. The molecule has 0 atom stereocenters. The van der Waals surface area contributed by atoms with Gasteiger partial charge >= 0.3 is 6.03 Å². The molecule has 0 aliphatic heterocycles. The number of hydrogen-bond donors (Lipinski definition) is 2. The first-order chi connectivity index (χ1) is 13.9. The van der Waals surface area contributed by atoms with Crippen LogP contribution in [0.25, 0.3) is 10.9 Å². The number of amides is 2. The van der Waals surface area contributed by atoms with Crippen LogP contribution in [-0.2, 0) is 11.3 Å². The fourth-order valence-electron chi connectivity index (χ4n) is 2.74. The molecule has 0 bridgehead atoms. The van der Waals surface area contributed by atoms with Gasteiger partial charge in [-0.05, 0) is 37.3 Å². The van der Waals surface area contributed by atoms with Crippen molar-refractivity contribution in [3.63, 3.8) is 0 Å². The van der Waals surface area contributed by atoms with Gasteiger partial charge in [0.05, 0.1) is 36.1 Å². The van der Waals surface area contributed by atoms with E-state index >= 15 is 0 Å². The zero-order chi connectivity index (χ0) is 21.0. The lowest BCUT2D eigenvalue weighted by molar-refractivity contribution is 0.101. The first-order valence-electron chi connectivity index (χ1n) is 8.80. The highest BCUT2D eigenvalue weighted by atomic mass is 16.5. The molecule has 0 aliphatic rings.